The van der Waals surface area contributed by atoms with Crippen LogP contribution in [0, 0.1) is 0 Å². The van der Waals surface area contributed by atoms with Crippen LogP contribution < -0.4 is 11.5 Å². The maximum Gasteiger partial charge on any atom is 0.234 e. The van der Waals surface area contributed by atoms with E-state index >= 15 is 0 Å². The predicted molar refractivity (Wildman–Crippen MR) is 59.3 cm³/mol. The summed E-state index contributed by atoms with van der Waals surface area (Å²) in [5, 5.41) is 8.98. The number of phenols is 1. The van der Waals surface area contributed by atoms with Crippen LogP contribution in [-0.2, 0) is 11.2 Å². The Labute approximate surface area is 92.7 Å². The molecule has 0 fully saturated rings. The summed E-state index contributed by atoms with van der Waals surface area (Å²) >= 11 is 0. The molecule has 0 radical (unpaired) electrons. The SMILES string of the molecule is Br.NC(=O)C(N)Cc1ccc(O)cc1. The van der Waals surface area contributed by atoms with Gasteiger partial charge in [-0.15, -0.1) is 17.0 Å². The van der Waals surface area contributed by atoms with Gasteiger partial charge in [0.25, 0.3) is 0 Å². The van der Waals surface area contributed by atoms with Gasteiger partial charge in [0.1, 0.15) is 5.75 Å². The molecule has 0 bridgehead atoms. The molecule has 0 heterocycles. The zero-order chi connectivity index (χ0) is 9.84. The first-order valence-corrected chi connectivity index (χ1v) is 3.92. The molecule has 0 aromatic heterocycles. The van der Waals surface area contributed by atoms with Crippen molar-refractivity contribution in [3.63, 3.8) is 0 Å². The van der Waals surface area contributed by atoms with Gasteiger partial charge >= 0.3 is 0 Å². The molecule has 1 atom stereocenters. The number of halogens is 1. The first-order chi connectivity index (χ1) is 6.09. The van der Waals surface area contributed by atoms with Gasteiger partial charge in [-0.1, -0.05) is 12.1 Å². The maximum absolute atomic E-state index is 10.6. The van der Waals surface area contributed by atoms with E-state index in [9.17, 15) is 4.79 Å². The van der Waals surface area contributed by atoms with Crippen molar-refractivity contribution in [2.24, 2.45) is 11.5 Å². The van der Waals surface area contributed by atoms with E-state index in [1.807, 2.05) is 0 Å². The molecule has 1 aromatic rings. The molecule has 0 aliphatic carbocycles. The fourth-order valence-electron chi connectivity index (χ4n) is 0.987. The molecule has 78 valence electrons. The highest BCUT2D eigenvalue weighted by Crippen LogP contribution is 2.10. The quantitative estimate of drug-likeness (QED) is 0.732. The number of benzene rings is 1. The molecule has 1 rings (SSSR count). The number of aromatic hydroxyl groups is 1. The van der Waals surface area contributed by atoms with E-state index in [0.717, 1.165) is 5.56 Å². The Balaban J connectivity index is 0.00000169. The highest BCUT2D eigenvalue weighted by molar-refractivity contribution is 8.93. The highest BCUT2D eigenvalue weighted by Gasteiger charge is 2.09. The van der Waals surface area contributed by atoms with E-state index in [4.69, 9.17) is 16.6 Å². The average Bonchev–Trinajstić information content (AvgIpc) is 2.08. The normalized spacial score (nSPS) is 11.5. The summed E-state index contributed by atoms with van der Waals surface area (Å²) in [6.45, 7) is 0. The minimum absolute atomic E-state index is 0. The molecule has 14 heavy (non-hydrogen) atoms. The van der Waals surface area contributed by atoms with Gasteiger partial charge in [0.15, 0.2) is 0 Å². The third kappa shape index (κ3) is 3.76. The first kappa shape index (κ1) is 12.9. The second-order valence-corrected chi connectivity index (χ2v) is 2.88. The topological polar surface area (TPSA) is 89.3 Å². The molecule has 1 amide bonds. The van der Waals surface area contributed by atoms with Crippen molar-refractivity contribution in [1.82, 2.24) is 0 Å². The summed E-state index contributed by atoms with van der Waals surface area (Å²) in [5.41, 5.74) is 11.3. The molecule has 5 heteroatoms. The van der Waals surface area contributed by atoms with Crippen LogP contribution in [0.4, 0.5) is 0 Å². The van der Waals surface area contributed by atoms with Gasteiger partial charge in [-0.05, 0) is 24.1 Å². The molecular formula is C9H13BrN2O2. The van der Waals surface area contributed by atoms with Gasteiger partial charge in [0.2, 0.25) is 5.91 Å². The van der Waals surface area contributed by atoms with E-state index in [1.54, 1.807) is 24.3 Å². The Hall–Kier alpha value is -1.07. The molecule has 1 unspecified atom stereocenters. The van der Waals surface area contributed by atoms with Crippen molar-refractivity contribution in [3.8, 4) is 5.75 Å². The van der Waals surface area contributed by atoms with Gasteiger partial charge in [0.05, 0.1) is 6.04 Å². The zero-order valence-corrected chi connectivity index (χ0v) is 9.23. The summed E-state index contributed by atoms with van der Waals surface area (Å²) < 4.78 is 0. The lowest BCUT2D eigenvalue weighted by molar-refractivity contribution is -0.119. The molecule has 5 N–H and O–H groups in total. The van der Waals surface area contributed by atoms with E-state index in [0.29, 0.717) is 6.42 Å². The smallest absolute Gasteiger partial charge is 0.234 e. The molecule has 0 aliphatic heterocycles. The summed E-state index contributed by atoms with van der Waals surface area (Å²) in [4.78, 5) is 10.6. The number of carbonyl (C=O) groups excluding carboxylic acids is 1. The lowest BCUT2D eigenvalue weighted by atomic mass is 10.1. The first-order valence-electron chi connectivity index (χ1n) is 3.92. The van der Waals surface area contributed by atoms with Crippen molar-refractivity contribution in [1.29, 1.82) is 0 Å². The van der Waals surface area contributed by atoms with E-state index in [-0.39, 0.29) is 22.7 Å². The number of rotatable bonds is 3. The maximum atomic E-state index is 10.6. The Morgan fingerprint density at radius 2 is 1.86 bits per heavy atom. The molecule has 1 aromatic carbocycles. The van der Waals surface area contributed by atoms with Crippen molar-refractivity contribution in [2.45, 2.75) is 12.5 Å². The highest BCUT2D eigenvalue weighted by atomic mass is 79.9. The Morgan fingerprint density at radius 3 is 2.29 bits per heavy atom. The fourth-order valence-corrected chi connectivity index (χ4v) is 0.987. The standard InChI is InChI=1S/C9H12N2O2.BrH/c10-8(9(11)13)5-6-1-3-7(12)4-2-6;/h1-4,8,12H,5,10H2,(H2,11,13);1H. The lowest BCUT2D eigenvalue weighted by Gasteiger charge is -2.06. The van der Waals surface area contributed by atoms with Crippen LogP contribution in [0.2, 0.25) is 0 Å². The van der Waals surface area contributed by atoms with E-state index in [2.05, 4.69) is 0 Å². The summed E-state index contributed by atoms with van der Waals surface area (Å²) in [6.07, 6.45) is 0.398. The Kier molecular flexibility index (Phi) is 5.19. The minimum Gasteiger partial charge on any atom is -0.508 e. The fraction of sp³-hybridized carbons (Fsp3) is 0.222. The van der Waals surface area contributed by atoms with Gasteiger partial charge in [0, 0.05) is 0 Å². The van der Waals surface area contributed by atoms with Gasteiger partial charge in [-0.2, -0.15) is 0 Å². The number of primary amides is 1. The van der Waals surface area contributed by atoms with E-state index in [1.165, 1.54) is 0 Å². The number of carbonyl (C=O) groups is 1. The molecular weight excluding hydrogens is 248 g/mol. The summed E-state index contributed by atoms with van der Waals surface area (Å²) in [7, 11) is 0. The summed E-state index contributed by atoms with van der Waals surface area (Å²) in [5.74, 6) is -0.329. The number of hydrogen-bond donors (Lipinski definition) is 3. The van der Waals surface area contributed by atoms with Crippen molar-refractivity contribution >= 4 is 22.9 Å². The third-order valence-electron chi connectivity index (χ3n) is 1.76. The Bertz CT molecular complexity index is 300. The van der Waals surface area contributed by atoms with Crippen LogP contribution in [0.5, 0.6) is 5.75 Å². The number of amides is 1. The van der Waals surface area contributed by atoms with Gasteiger partial charge in [-0.25, -0.2) is 0 Å². The Morgan fingerprint density at radius 1 is 1.36 bits per heavy atom. The second kappa shape index (κ2) is 5.62. The monoisotopic (exact) mass is 260 g/mol. The molecule has 4 nitrogen and oxygen atoms in total. The molecule has 0 saturated carbocycles. The molecule has 0 aliphatic rings. The van der Waals surface area contributed by atoms with Crippen LogP contribution in [0.1, 0.15) is 5.56 Å². The number of hydrogen-bond acceptors (Lipinski definition) is 3. The lowest BCUT2D eigenvalue weighted by Crippen LogP contribution is -2.38. The van der Waals surface area contributed by atoms with Crippen LogP contribution >= 0.6 is 17.0 Å². The third-order valence-corrected chi connectivity index (χ3v) is 1.76. The van der Waals surface area contributed by atoms with Gasteiger partial charge in [-0.3, -0.25) is 4.79 Å². The largest absolute Gasteiger partial charge is 0.508 e. The van der Waals surface area contributed by atoms with Crippen LogP contribution in [0.3, 0.4) is 0 Å². The van der Waals surface area contributed by atoms with Crippen LogP contribution in [0.15, 0.2) is 24.3 Å². The van der Waals surface area contributed by atoms with Crippen molar-refractivity contribution in [3.05, 3.63) is 29.8 Å². The van der Waals surface area contributed by atoms with Gasteiger partial charge < -0.3 is 16.6 Å². The average molecular weight is 261 g/mol. The number of phenolic OH excluding ortho intramolecular Hbond substituents is 1. The van der Waals surface area contributed by atoms with Crippen molar-refractivity contribution < 1.29 is 9.90 Å². The summed E-state index contributed by atoms with van der Waals surface area (Å²) in [6, 6.07) is 5.84. The second-order valence-electron chi connectivity index (χ2n) is 2.88. The van der Waals surface area contributed by atoms with Crippen LogP contribution in [0.25, 0.3) is 0 Å². The minimum atomic E-state index is -0.662. The molecule has 0 spiro atoms. The zero-order valence-electron chi connectivity index (χ0n) is 7.51. The van der Waals surface area contributed by atoms with Crippen molar-refractivity contribution in [2.75, 3.05) is 0 Å². The van der Waals surface area contributed by atoms with E-state index < -0.39 is 11.9 Å². The number of nitrogens with two attached hydrogens (primary N) is 2. The predicted octanol–water partition coefficient (Wildman–Crippen LogP) is 0.325. The van der Waals surface area contributed by atoms with Crippen LogP contribution in [-0.4, -0.2) is 17.1 Å². The molecule has 0 saturated heterocycles.